The second-order valence-electron chi connectivity index (χ2n) is 5.15. The Kier molecular flexibility index (Phi) is 5.39. The highest BCUT2D eigenvalue weighted by molar-refractivity contribution is 8.00. The van der Waals surface area contributed by atoms with Crippen molar-refractivity contribution in [3.05, 3.63) is 0 Å². The fraction of sp³-hybridized carbons (Fsp3) is 1.00. The van der Waals surface area contributed by atoms with Crippen LogP contribution in [0.4, 0.5) is 0 Å². The molecule has 1 heterocycles. The van der Waals surface area contributed by atoms with Crippen molar-refractivity contribution in [1.82, 2.24) is 5.43 Å². The van der Waals surface area contributed by atoms with E-state index in [1.165, 1.54) is 0 Å². The van der Waals surface area contributed by atoms with Crippen LogP contribution in [0.5, 0.6) is 0 Å². The molecule has 1 rings (SSSR count). The van der Waals surface area contributed by atoms with Gasteiger partial charge in [-0.1, -0.05) is 20.8 Å². The van der Waals surface area contributed by atoms with Gasteiger partial charge in [-0.15, -0.1) is 0 Å². The molecule has 3 N–H and O–H groups in total. The highest BCUT2D eigenvalue weighted by Gasteiger charge is 2.24. The molecule has 0 amide bonds. The molecule has 0 spiro atoms. The van der Waals surface area contributed by atoms with Gasteiger partial charge in [-0.25, -0.2) is 0 Å². The lowest BCUT2D eigenvalue weighted by molar-refractivity contribution is 0.0566. The Morgan fingerprint density at radius 3 is 2.47 bits per heavy atom. The molecular formula is C11H24N2OS. The second-order valence-corrected chi connectivity index (χ2v) is 6.99. The van der Waals surface area contributed by atoms with Crippen molar-refractivity contribution >= 4 is 11.8 Å². The third kappa shape index (κ3) is 5.20. The molecule has 1 saturated heterocycles. The molecule has 0 radical (unpaired) electrons. The zero-order valence-corrected chi connectivity index (χ0v) is 10.9. The summed E-state index contributed by atoms with van der Waals surface area (Å²) in [5.74, 6) is 7.40. The maximum absolute atomic E-state index is 5.63. The lowest BCUT2D eigenvalue weighted by Gasteiger charge is -2.31. The Morgan fingerprint density at radius 1 is 1.40 bits per heavy atom. The van der Waals surface area contributed by atoms with E-state index in [2.05, 4.69) is 26.2 Å². The smallest absolute Gasteiger partial charge is 0.0469 e. The summed E-state index contributed by atoms with van der Waals surface area (Å²) >= 11 is 1.98. The Balaban J connectivity index is 2.34. The number of hydrazine groups is 1. The summed E-state index contributed by atoms with van der Waals surface area (Å²) in [7, 11) is 0. The summed E-state index contributed by atoms with van der Waals surface area (Å²) in [5, 5.41) is 0. The van der Waals surface area contributed by atoms with Crippen molar-refractivity contribution in [1.29, 1.82) is 0 Å². The standard InChI is InChI=1S/C11H24N2OS/c1-11(2,3)15-8-10(13-12)9-4-6-14-7-5-9/h9-10,13H,4-8,12H2,1-3H3. The highest BCUT2D eigenvalue weighted by atomic mass is 32.2. The molecule has 1 fully saturated rings. The average Bonchev–Trinajstić information content (AvgIpc) is 2.19. The van der Waals surface area contributed by atoms with E-state index in [1.54, 1.807) is 0 Å². The largest absolute Gasteiger partial charge is 0.381 e. The summed E-state index contributed by atoms with van der Waals surface area (Å²) in [6, 6.07) is 0.429. The van der Waals surface area contributed by atoms with Crippen molar-refractivity contribution < 1.29 is 4.74 Å². The lowest BCUT2D eigenvalue weighted by atomic mass is 9.93. The fourth-order valence-electron chi connectivity index (χ4n) is 1.78. The minimum Gasteiger partial charge on any atom is -0.381 e. The van der Waals surface area contributed by atoms with E-state index < -0.39 is 0 Å². The minimum atomic E-state index is 0.320. The number of ether oxygens (including phenoxy) is 1. The van der Waals surface area contributed by atoms with Gasteiger partial charge in [0.05, 0.1) is 0 Å². The third-order valence-electron chi connectivity index (χ3n) is 2.74. The van der Waals surface area contributed by atoms with E-state index in [-0.39, 0.29) is 0 Å². The first kappa shape index (κ1) is 13.3. The normalized spacial score (nSPS) is 21.6. The van der Waals surface area contributed by atoms with Gasteiger partial charge in [-0.05, 0) is 18.8 Å². The van der Waals surface area contributed by atoms with Gasteiger partial charge < -0.3 is 4.74 Å². The molecule has 0 bridgehead atoms. The van der Waals surface area contributed by atoms with E-state index in [0.717, 1.165) is 31.8 Å². The number of hydrogen-bond acceptors (Lipinski definition) is 4. The summed E-state index contributed by atoms with van der Waals surface area (Å²) in [6.07, 6.45) is 2.28. The first-order valence-electron chi connectivity index (χ1n) is 5.71. The first-order valence-corrected chi connectivity index (χ1v) is 6.69. The Hall–Kier alpha value is 0.230. The van der Waals surface area contributed by atoms with E-state index in [0.29, 0.717) is 16.7 Å². The fourth-order valence-corrected chi connectivity index (χ4v) is 2.83. The van der Waals surface area contributed by atoms with Gasteiger partial charge in [-0.3, -0.25) is 11.3 Å². The third-order valence-corrected chi connectivity index (χ3v) is 4.14. The number of nitrogens with one attached hydrogen (secondary N) is 1. The number of hydrogen-bond donors (Lipinski definition) is 2. The second kappa shape index (κ2) is 6.09. The lowest BCUT2D eigenvalue weighted by Crippen LogP contribution is -2.45. The van der Waals surface area contributed by atoms with Crippen LogP contribution >= 0.6 is 11.8 Å². The zero-order valence-electron chi connectivity index (χ0n) is 10.1. The minimum absolute atomic E-state index is 0.320. The maximum Gasteiger partial charge on any atom is 0.0469 e. The van der Waals surface area contributed by atoms with Gasteiger partial charge in [-0.2, -0.15) is 11.8 Å². The van der Waals surface area contributed by atoms with Crippen molar-refractivity contribution in [2.75, 3.05) is 19.0 Å². The summed E-state index contributed by atoms with van der Waals surface area (Å²) in [6.45, 7) is 8.52. The molecule has 0 aromatic heterocycles. The quantitative estimate of drug-likeness (QED) is 0.573. The van der Waals surface area contributed by atoms with E-state index >= 15 is 0 Å². The van der Waals surface area contributed by atoms with Crippen molar-refractivity contribution in [3.63, 3.8) is 0 Å². The Bertz CT molecular complexity index is 176. The van der Waals surface area contributed by atoms with Crippen molar-refractivity contribution in [2.24, 2.45) is 11.8 Å². The predicted octanol–water partition coefficient (Wildman–Crippen LogP) is 1.78. The van der Waals surface area contributed by atoms with E-state index in [9.17, 15) is 0 Å². The van der Waals surface area contributed by atoms with Gasteiger partial charge in [0.25, 0.3) is 0 Å². The van der Waals surface area contributed by atoms with Gasteiger partial charge >= 0.3 is 0 Å². The Morgan fingerprint density at radius 2 is 2.00 bits per heavy atom. The highest BCUT2D eigenvalue weighted by Crippen LogP contribution is 2.27. The molecule has 3 nitrogen and oxygen atoms in total. The van der Waals surface area contributed by atoms with Crippen LogP contribution in [0, 0.1) is 5.92 Å². The number of thioether (sulfide) groups is 1. The molecule has 4 heteroatoms. The summed E-state index contributed by atoms with van der Waals surface area (Å²) in [4.78, 5) is 0. The van der Waals surface area contributed by atoms with E-state index in [1.807, 2.05) is 11.8 Å². The van der Waals surface area contributed by atoms with Crippen LogP contribution in [0.25, 0.3) is 0 Å². The average molecular weight is 232 g/mol. The van der Waals surface area contributed by atoms with Crippen LogP contribution in [0.15, 0.2) is 0 Å². The van der Waals surface area contributed by atoms with Gasteiger partial charge in [0, 0.05) is 29.8 Å². The molecule has 15 heavy (non-hydrogen) atoms. The molecule has 0 saturated carbocycles. The number of rotatable bonds is 4. The molecule has 1 atom stereocenters. The van der Waals surface area contributed by atoms with Crippen molar-refractivity contribution in [2.45, 2.75) is 44.4 Å². The van der Waals surface area contributed by atoms with Gasteiger partial charge in [0.2, 0.25) is 0 Å². The molecular weight excluding hydrogens is 208 g/mol. The van der Waals surface area contributed by atoms with Gasteiger partial charge in [0.15, 0.2) is 0 Å². The van der Waals surface area contributed by atoms with Crippen LogP contribution < -0.4 is 11.3 Å². The predicted molar refractivity (Wildman–Crippen MR) is 66.9 cm³/mol. The molecule has 1 unspecified atom stereocenters. The topological polar surface area (TPSA) is 47.3 Å². The summed E-state index contributed by atoms with van der Waals surface area (Å²) in [5.41, 5.74) is 2.97. The SMILES string of the molecule is CC(C)(C)SCC(NN)C1CCOCC1. The molecule has 0 aromatic rings. The Labute approximate surface area is 97.5 Å². The molecule has 1 aliphatic rings. The molecule has 90 valence electrons. The molecule has 1 aliphatic heterocycles. The maximum atomic E-state index is 5.63. The van der Waals surface area contributed by atoms with Crippen LogP contribution in [-0.2, 0) is 4.74 Å². The van der Waals surface area contributed by atoms with Crippen LogP contribution in [0.2, 0.25) is 0 Å². The first-order chi connectivity index (χ1) is 7.03. The number of nitrogens with two attached hydrogens (primary N) is 1. The monoisotopic (exact) mass is 232 g/mol. The zero-order chi connectivity index (χ0) is 11.3. The molecule has 0 aliphatic carbocycles. The molecule has 0 aromatic carbocycles. The van der Waals surface area contributed by atoms with Crippen molar-refractivity contribution in [3.8, 4) is 0 Å². The summed E-state index contributed by atoms with van der Waals surface area (Å²) < 4.78 is 5.68. The van der Waals surface area contributed by atoms with E-state index in [4.69, 9.17) is 10.6 Å². The van der Waals surface area contributed by atoms with Crippen LogP contribution in [0.1, 0.15) is 33.6 Å². The van der Waals surface area contributed by atoms with Gasteiger partial charge in [0.1, 0.15) is 0 Å². The van der Waals surface area contributed by atoms with Crippen LogP contribution in [0.3, 0.4) is 0 Å². The van der Waals surface area contributed by atoms with Crippen LogP contribution in [-0.4, -0.2) is 29.8 Å².